The first-order valence-corrected chi connectivity index (χ1v) is 28.3. The van der Waals surface area contributed by atoms with E-state index in [1.54, 1.807) is 0 Å². The number of carbonyl (C=O) groups is 4. The minimum absolute atomic E-state index is 0.242. The van der Waals surface area contributed by atoms with E-state index in [9.17, 15) is 19.2 Å². The van der Waals surface area contributed by atoms with Crippen molar-refractivity contribution in [2.45, 2.75) is 236 Å². The molecule has 0 aromatic heterocycles. The van der Waals surface area contributed by atoms with Crippen molar-refractivity contribution < 1.29 is 57.1 Å². The van der Waals surface area contributed by atoms with Gasteiger partial charge in [0.1, 0.15) is 45.4 Å². The van der Waals surface area contributed by atoms with Gasteiger partial charge in [0.25, 0.3) is 0 Å². The zero-order valence-electron chi connectivity index (χ0n) is 53.2. The summed E-state index contributed by atoms with van der Waals surface area (Å²) in [5.74, 6) is -0.207. The van der Waals surface area contributed by atoms with Crippen molar-refractivity contribution in [2.75, 3.05) is 26.4 Å². The van der Waals surface area contributed by atoms with Gasteiger partial charge in [0, 0.05) is 25.7 Å². The van der Waals surface area contributed by atoms with Gasteiger partial charge in [0.2, 0.25) is 0 Å². The lowest BCUT2D eigenvalue weighted by molar-refractivity contribution is -0.158. The van der Waals surface area contributed by atoms with Crippen LogP contribution in [0.15, 0.2) is 48.5 Å². The molecule has 0 amide bonds. The first kappa shape index (κ1) is 64.8. The molecule has 0 unspecified atom stereocenters. The van der Waals surface area contributed by atoms with Crippen molar-refractivity contribution in [3.05, 3.63) is 115 Å². The van der Waals surface area contributed by atoms with Crippen LogP contribution in [0.5, 0.6) is 23.0 Å². The zero-order chi connectivity index (χ0) is 60.5. The Hall–Kier alpha value is -6.04. The van der Waals surface area contributed by atoms with Crippen LogP contribution in [-0.2, 0) is 85.5 Å². The Morgan fingerprint density at radius 2 is 0.412 bits per heavy atom. The van der Waals surface area contributed by atoms with Gasteiger partial charge in [-0.25, -0.2) is 19.2 Å². The van der Waals surface area contributed by atoms with Crippen LogP contribution in [0.4, 0.5) is 0 Å². The van der Waals surface area contributed by atoms with Gasteiger partial charge < -0.3 is 37.9 Å². The Bertz CT molecular complexity index is 2430. The third-order valence-corrected chi connectivity index (χ3v) is 13.0. The smallest absolute Gasteiger partial charge is 0.344 e. The van der Waals surface area contributed by atoms with Gasteiger partial charge in [-0.2, -0.15) is 0 Å². The quantitative estimate of drug-likeness (QED) is 0.0867. The molecule has 1 aliphatic rings. The lowest BCUT2D eigenvalue weighted by atomic mass is 9.79. The molecule has 0 saturated heterocycles. The van der Waals surface area contributed by atoms with Gasteiger partial charge in [-0.1, -0.05) is 132 Å². The normalized spacial score (nSPS) is 13.7. The number of carbonyl (C=O) groups excluding carboxylic acids is 4. The molecule has 0 heterocycles. The summed E-state index contributed by atoms with van der Waals surface area (Å²) in [5, 5.41) is 0. The number of fused-ring (bicyclic) bond motifs is 8. The Labute approximate surface area is 479 Å². The molecule has 5 rings (SSSR count). The molecule has 8 bridgehead atoms. The molecule has 0 saturated carbocycles. The maximum Gasteiger partial charge on any atom is 0.344 e. The number of hydrogen-bond donors (Lipinski definition) is 0. The minimum atomic E-state index is -0.770. The topological polar surface area (TPSA) is 142 Å². The van der Waals surface area contributed by atoms with Crippen LogP contribution in [0.3, 0.4) is 0 Å². The fourth-order valence-electron chi connectivity index (χ4n) is 9.37. The second-order valence-corrected chi connectivity index (χ2v) is 29.7. The summed E-state index contributed by atoms with van der Waals surface area (Å²) in [6.45, 7) is 46.2. The van der Waals surface area contributed by atoms with Gasteiger partial charge in [0.15, 0.2) is 26.4 Å². The maximum atomic E-state index is 13.7. The van der Waals surface area contributed by atoms with Crippen molar-refractivity contribution in [1.29, 1.82) is 0 Å². The van der Waals surface area contributed by atoms with Gasteiger partial charge in [0.05, 0.1) is 0 Å². The van der Waals surface area contributed by atoms with Crippen LogP contribution in [-0.4, -0.2) is 72.7 Å². The highest BCUT2D eigenvalue weighted by Crippen LogP contribution is 2.45. The summed E-state index contributed by atoms with van der Waals surface area (Å²) >= 11 is 0. The van der Waals surface area contributed by atoms with Crippen LogP contribution in [0.25, 0.3) is 0 Å². The Kier molecular flexibility index (Phi) is 19.3. The molecule has 4 aromatic rings. The van der Waals surface area contributed by atoms with E-state index < -0.39 is 46.3 Å². The lowest BCUT2D eigenvalue weighted by Gasteiger charge is -2.29. The zero-order valence-corrected chi connectivity index (χ0v) is 53.2. The number of esters is 4. The molecule has 1 aliphatic carbocycles. The predicted molar refractivity (Wildman–Crippen MR) is 317 cm³/mol. The first-order chi connectivity index (χ1) is 36.2. The van der Waals surface area contributed by atoms with Crippen molar-refractivity contribution in [3.63, 3.8) is 0 Å². The van der Waals surface area contributed by atoms with E-state index in [-0.39, 0.29) is 73.8 Å². The van der Waals surface area contributed by atoms with Crippen LogP contribution >= 0.6 is 0 Å². The van der Waals surface area contributed by atoms with Gasteiger partial charge in [-0.15, -0.1) is 0 Å². The largest absolute Gasteiger partial charge is 0.481 e. The molecule has 0 fully saturated rings. The Balaban J connectivity index is 2.05. The van der Waals surface area contributed by atoms with Crippen LogP contribution < -0.4 is 18.9 Å². The summed E-state index contributed by atoms with van der Waals surface area (Å²) in [5.41, 5.74) is 5.61. The van der Waals surface area contributed by atoms with Crippen molar-refractivity contribution >= 4 is 23.9 Å². The SMILES string of the molecule is CC(C)(C)OC(=O)COc1c2cc(C(C)(C)C)cc1Cc1cc(C(C)(C)C)cc(c1OCC(=O)OC(C)(C)C)Cc1cc(C(C)(C)C)cc(c1OCC(=O)OC(C)(C)C)Cc1cc(C(C)(C)C)cc(c1OCC(=O)OC(C)(C)C)C2. The monoisotopic (exact) mass is 1100 g/mol. The highest BCUT2D eigenvalue weighted by molar-refractivity contribution is 5.74. The third kappa shape index (κ3) is 19.0. The summed E-state index contributed by atoms with van der Waals surface area (Å²) in [7, 11) is 0. The van der Waals surface area contributed by atoms with E-state index >= 15 is 0 Å². The summed E-state index contributed by atoms with van der Waals surface area (Å²) in [6.07, 6.45) is 0.967. The summed E-state index contributed by atoms with van der Waals surface area (Å²) in [4.78, 5) is 55.0. The lowest BCUT2D eigenvalue weighted by Crippen LogP contribution is -2.28. The molecular weight excluding hydrogens is 1010 g/mol. The van der Waals surface area contributed by atoms with Crippen LogP contribution in [0.1, 0.15) is 233 Å². The molecule has 4 aromatic carbocycles. The molecule has 0 aliphatic heterocycles. The van der Waals surface area contributed by atoms with Crippen molar-refractivity contribution in [3.8, 4) is 23.0 Å². The van der Waals surface area contributed by atoms with E-state index in [1.165, 1.54) is 0 Å². The molecule has 80 heavy (non-hydrogen) atoms. The van der Waals surface area contributed by atoms with E-state index in [0.29, 0.717) is 23.0 Å². The Morgan fingerprint density at radius 1 is 0.275 bits per heavy atom. The molecule has 0 radical (unpaired) electrons. The van der Waals surface area contributed by atoms with Crippen molar-refractivity contribution in [1.82, 2.24) is 0 Å². The summed E-state index contributed by atoms with van der Waals surface area (Å²) < 4.78 is 50.7. The molecular formula is C68H96O12. The molecule has 0 N–H and O–H groups in total. The van der Waals surface area contributed by atoms with E-state index in [1.807, 2.05) is 83.1 Å². The number of rotatable bonds is 12. The van der Waals surface area contributed by atoms with Gasteiger partial charge >= 0.3 is 23.9 Å². The molecule has 12 heteroatoms. The minimum Gasteiger partial charge on any atom is -0.481 e. The second kappa shape index (κ2) is 23.8. The predicted octanol–water partition coefficient (Wildman–Crippen LogP) is 14.4. The average molecular weight is 1110 g/mol. The van der Waals surface area contributed by atoms with Gasteiger partial charge in [-0.05, 0) is 172 Å². The van der Waals surface area contributed by atoms with E-state index in [0.717, 1.165) is 66.8 Å². The van der Waals surface area contributed by atoms with E-state index in [4.69, 9.17) is 37.9 Å². The van der Waals surface area contributed by atoms with Crippen LogP contribution in [0, 0.1) is 0 Å². The molecule has 440 valence electrons. The fourth-order valence-corrected chi connectivity index (χ4v) is 9.37. The molecule has 12 nitrogen and oxygen atoms in total. The van der Waals surface area contributed by atoms with Gasteiger partial charge in [-0.3, -0.25) is 0 Å². The third-order valence-electron chi connectivity index (χ3n) is 13.0. The average Bonchev–Trinajstić information content (AvgIpc) is 3.23. The number of ether oxygens (including phenoxy) is 8. The Morgan fingerprint density at radius 3 is 0.525 bits per heavy atom. The second-order valence-electron chi connectivity index (χ2n) is 29.7. The van der Waals surface area contributed by atoms with Crippen LogP contribution in [0.2, 0.25) is 0 Å². The molecule has 0 atom stereocenters. The number of benzene rings is 4. The first-order valence-electron chi connectivity index (χ1n) is 28.3. The maximum absolute atomic E-state index is 13.7. The highest BCUT2D eigenvalue weighted by atomic mass is 16.6. The number of hydrogen-bond acceptors (Lipinski definition) is 12. The van der Waals surface area contributed by atoms with Crippen molar-refractivity contribution in [2.24, 2.45) is 0 Å². The fraction of sp³-hybridized carbons (Fsp3) is 0.588. The van der Waals surface area contributed by atoms with E-state index in [2.05, 4.69) is 132 Å². The standard InChI is InChI=1S/C68H96O12/c1-61(2,3)49-29-41-25-43-31-50(62(4,5)6)33-45(58(43)74-38-54(70)78-66(16,17)18)27-47-35-52(64(10,11)12)36-48(60(47)76-40-56(72)80-68(22,23)24)28-46-34-51(63(7,8)9)32-44(59(46)75-39-55(71)79-67(19,20)21)26-42(30-49)57(41)73-37-53(69)77-65(13,14)15/h29-36H,25-28,37-40H2,1-24H3. The highest BCUT2D eigenvalue weighted by Gasteiger charge is 2.32. The molecule has 0 spiro atoms. The summed E-state index contributed by atoms with van der Waals surface area (Å²) in [6, 6.07) is 17.1.